The molecular weight excluding hydrogens is 275 g/mol. The van der Waals surface area contributed by atoms with Gasteiger partial charge in [0.1, 0.15) is 5.60 Å². The Morgan fingerprint density at radius 2 is 2.14 bits per heavy atom. The Bertz CT molecular complexity index is 487. The molecule has 6 nitrogen and oxygen atoms in total. The average molecular weight is 296 g/mol. The van der Waals surface area contributed by atoms with Crippen molar-refractivity contribution in [3.8, 4) is 0 Å². The van der Waals surface area contributed by atoms with Crippen LogP contribution in [-0.2, 0) is 4.74 Å². The molecule has 0 aliphatic carbocycles. The summed E-state index contributed by atoms with van der Waals surface area (Å²) >= 11 is 0. The van der Waals surface area contributed by atoms with Gasteiger partial charge in [0.15, 0.2) is 5.82 Å². The summed E-state index contributed by atoms with van der Waals surface area (Å²) in [5.41, 5.74) is -0.514. The standard InChI is InChI=1S/C14H21FN4O2/c1-14(2,3)21-13(20)18-9-11-5-4-6-19(11)12-16-7-10(15)8-17-12/h7-8,11H,4-6,9H2,1-3H3,(H,18,20)/t11-/m0/s1. The quantitative estimate of drug-likeness (QED) is 0.925. The number of carbonyl (C=O) groups is 1. The third kappa shape index (κ3) is 4.54. The Labute approximate surface area is 123 Å². The number of aromatic nitrogens is 2. The van der Waals surface area contributed by atoms with Gasteiger partial charge in [0.05, 0.1) is 12.4 Å². The number of halogens is 1. The van der Waals surface area contributed by atoms with Crippen LogP contribution in [0.5, 0.6) is 0 Å². The highest BCUT2D eigenvalue weighted by molar-refractivity contribution is 5.67. The molecular formula is C14H21FN4O2. The summed E-state index contributed by atoms with van der Waals surface area (Å²) in [5.74, 6) is 0.0336. The van der Waals surface area contributed by atoms with Gasteiger partial charge in [-0.1, -0.05) is 0 Å². The molecule has 1 aliphatic heterocycles. The van der Waals surface area contributed by atoms with E-state index in [0.717, 1.165) is 31.8 Å². The van der Waals surface area contributed by atoms with E-state index in [1.54, 1.807) is 0 Å². The first-order chi connectivity index (χ1) is 9.85. The van der Waals surface area contributed by atoms with Crippen molar-refractivity contribution in [2.45, 2.75) is 45.3 Å². The van der Waals surface area contributed by atoms with Crippen molar-refractivity contribution < 1.29 is 13.9 Å². The van der Waals surface area contributed by atoms with E-state index >= 15 is 0 Å². The minimum absolute atomic E-state index is 0.1000. The zero-order valence-electron chi connectivity index (χ0n) is 12.6. The minimum Gasteiger partial charge on any atom is -0.444 e. The van der Waals surface area contributed by atoms with Gasteiger partial charge in [-0.2, -0.15) is 0 Å². The molecule has 1 aromatic rings. The van der Waals surface area contributed by atoms with Crippen molar-refractivity contribution in [2.24, 2.45) is 0 Å². The van der Waals surface area contributed by atoms with Gasteiger partial charge in [0.2, 0.25) is 5.95 Å². The summed E-state index contributed by atoms with van der Waals surface area (Å²) in [5, 5.41) is 2.76. The fourth-order valence-electron chi connectivity index (χ4n) is 2.28. The van der Waals surface area contributed by atoms with Crippen LogP contribution in [0.1, 0.15) is 33.6 Å². The van der Waals surface area contributed by atoms with Gasteiger partial charge in [0.25, 0.3) is 0 Å². The largest absolute Gasteiger partial charge is 0.444 e. The second-order valence-electron chi connectivity index (χ2n) is 6.07. The number of amides is 1. The van der Waals surface area contributed by atoms with Crippen LogP contribution in [0.25, 0.3) is 0 Å². The number of ether oxygens (including phenoxy) is 1. The average Bonchev–Trinajstić information content (AvgIpc) is 2.83. The number of hydrogen-bond acceptors (Lipinski definition) is 5. The Balaban J connectivity index is 1.90. The first-order valence-corrected chi connectivity index (χ1v) is 7.06. The van der Waals surface area contributed by atoms with Crippen molar-refractivity contribution in [3.05, 3.63) is 18.2 Å². The second-order valence-corrected chi connectivity index (χ2v) is 6.07. The summed E-state index contributed by atoms with van der Waals surface area (Å²) in [6.45, 7) is 6.71. The number of nitrogens with zero attached hydrogens (tertiary/aromatic N) is 3. The van der Waals surface area contributed by atoms with Gasteiger partial charge in [-0.15, -0.1) is 0 Å². The normalized spacial score (nSPS) is 18.7. The highest BCUT2D eigenvalue weighted by Crippen LogP contribution is 2.21. The maximum atomic E-state index is 12.9. The molecule has 0 aromatic carbocycles. The van der Waals surface area contributed by atoms with Crippen molar-refractivity contribution in [3.63, 3.8) is 0 Å². The van der Waals surface area contributed by atoms with Crippen LogP contribution in [-0.4, -0.2) is 40.8 Å². The Morgan fingerprint density at radius 3 is 2.76 bits per heavy atom. The molecule has 1 amide bonds. The van der Waals surface area contributed by atoms with Crippen molar-refractivity contribution in [1.82, 2.24) is 15.3 Å². The summed E-state index contributed by atoms with van der Waals surface area (Å²) < 4.78 is 18.1. The second kappa shape index (κ2) is 6.24. The van der Waals surface area contributed by atoms with Gasteiger partial charge in [-0.05, 0) is 33.6 Å². The van der Waals surface area contributed by atoms with Crippen LogP contribution >= 0.6 is 0 Å². The van der Waals surface area contributed by atoms with Gasteiger partial charge in [-0.3, -0.25) is 0 Å². The number of rotatable bonds is 3. The zero-order valence-corrected chi connectivity index (χ0v) is 12.6. The molecule has 116 valence electrons. The number of anilines is 1. The molecule has 0 saturated carbocycles. The molecule has 1 atom stereocenters. The van der Waals surface area contributed by atoms with E-state index in [0.29, 0.717) is 12.5 Å². The predicted octanol–water partition coefficient (Wildman–Crippen LogP) is 2.11. The Hall–Kier alpha value is -1.92. The van der Waals surface area contributed by atoms with Crippen LogP contribution < -0.4 is 10.2 Å². The van der Waals surface area contributed by atoms with Gasteiger partial charge >= 0.3 is 6.09 Å². The maximum Gasteiger partial charge on any atom is 0.407 e. The van der Waals surface area contributed by atoms with E-state index < -0.39 is 17.5 Å². The Morgan fingerprint density at radius 1 is 1.48 bits per heavy atom. The van der Waals surface area contributed by atoms with Crippen LogP contribution in [0.15, 0.2) is 12.4 Å². The van der Waals surface area contributed by atoms with Crippen molar-refractivity contribution in [2.75, 3.05) is 18.0 Å². The molecule has 1 fully saturated rings. The molecule has 1 saturated heterocycles. The number of hydrogen-bond donors (Lipinski definition) is 1. The fourth-order valence-corrected chi connectivity index (χ4v) is 2.28. The van der Waals surface area contributed by atoms with Crippen LogP contribution in [0, 0.1) is 5.82 Å². The molecule has 0 spiro atoms. The summed E-state index contributed by atoms with van der Waals surface area (Å²) in [4.78, 5) is 21.6. The van der Waals surface area contributed by atoms with Gasteiger partial charge in [0, 0.05) is 19.1 Å². The highest BCUT2D eigenvalue weighted by atomic mass is 19.1. The monoisotopic (exact) mass is 296 g/mol. The molecule has 2 heterocycles. The molecule has 1 aromatic heterocycles. The lowest BCUT2D eigenvalue weighted by atomic mass is 10.2. The van der Waals surface area contributed by atoms with Crippen molar-refractivity contribution in [1.29, 1.82) is 0 Å². The molecule has 0 bridgehead atoms. The van der Waals surface area contributed by atoms with E-state index in [-0.39, 0.29) is 6.04 Å². The first kappa shape index (κ1) is 15.5. The van der Waals surface area contributed by atoms with Gasteiger partial charge < -0.3 is 15.0 Å². The molecule has 0 radical (unpaired) electrons. The number of nitrogens with one attached hydrogen (secondary N) is 1. The molecule has 1 N–H and O–H groups in total. The molecule has 1 aliphatic rings. The minimum atomic E-state index is -0.514. The molecule has 2 rings (SSSR count). The lowest BCUT2D eigenvalue weighted by molar-refractivity contribution is 0.0525. The smallest absolute Gasteiger partial charge is 0.407 e. The molecule has 7 heteroatoms. The topological polar surface area (TPSA) is 67.3 Å². The van der Waals surface area contributed by atoms with Crippen LogP contribution in [0.4, 0.5) is 15.1 Å². The third-order valence-electron chi connectivity index (χ3n) is 3.12. The van der Waals surface area contributed by atoms with Gasteiger partial charge in [-0.25, -0.2) is 19.2 Å². The van der Waals surface area contributed by atoms with E-state index in [9.17, 15) is 9.18 Å². The fraction of sp³-hybridized carbons (Fsp3) is 0.643. The van der Waals surface area contributed by atoms with Crippen LogP contribution in [0.3, 0.4) is 0 Å². The first-order valence-electron chi connectivity index (χ1n) is 7.06. The lowest BCUT2D eigenvalue weighted by Crippen LogP contribution is -2.42. The van der Waals surface area contributed by atoms with Crippen LogP contribution in [0.2, 0.25) is 0 Å². The number of carbonyl (C=O) groups excluding carboxylic acids is 1. The van der Waals surface area contributed by atoms with E-state index in [4.69, 9.17) is 4.74 Å². The van der Waals surface area contributed by atoms with E-state index in [2.05, 4.69) is 15.3 Å². The third-order valence-corrected chi connectivity index (χ3v) is 3.12. The predicted molar refractivity (Wildman–Crippen MR) is 76.6 cm³/mol. The SMILES string of the molecule is CC(C)(C)OC(=O)NC[C@@H]1CCCN1c1ncc(F)cn1. The maximum absolute atomic E-state index is 12.9. The summed E-state index contributed by atoms with van der Waals surface area (Å²) in [7, 11) is 0. The Kier molecular flexibility index (Phi) is 4.59. The lowest BCUT2D eigenvalue weighted by Gasteiger charge is -2.25. The summed E-state index contributed by atoms with van der Waals surface area (Å²) in [6, 6.07) is 0.1000. The molecule has 0 unspecified atom stereocenters. The van der Waals surface area contributed by atoms with E-state index in [1.165, 1.54) is 0 Å². The zero-order chi connectivity index (χ0) is 15.5. The van der Waals surface area contributed by atoms with E-state index in [1.807, 2.05) is 25.7 Å². The molecule has 21 heavy (non-hydrogen) atoms. The summed E-state index contributed by atoms with van der Waals surface area (Å²) in [6.07, 6.45) is 3.78. The highest BCUT2D eigenvalue weighted by Gasteiger charge is 2.27. The number of alkyl carbamates (subject to hydrolysis) is 1. The van der Waals surface area contributed by atoms with Crippen molar-refractivity contribution >= 4 is 12.0 Å².